The number of furan rings is 1. The van der Waals surface area contributed by atoms with Crippen LogP contribution in [0, 0.1) is 0 Å². The third kappa shape index (κ3) is 12.3. The molecule has 1 aromatic carbocycles. The number of aliphatic imine (C=N–C) groups is 1. The summed E-state index contributed by atoms with van der Waals surface area (Å²) in [5.74, 6) is 2.47. The maximum absolute atomic E-state index is 5.88. The highest BCUT2D eigenvalue weighted by molar-refractivity contribution is 14.0. The number of ether oxygens (including phenoxy) is 3. The lowest BCUT2D eigenvalue weighted by Gasteiger charge is -2.16. The molecule has 0 atom stereocenters. The molecule has 1 heterocycles. The van der Waals surface area contributed by atoms with Gasteiger partial charge in [0.25, 0.3) is 0 Å². The molecule has 9 heteroatoms. The van der Waals surface area contributed by atoms with Crippen molar-refractivity contribution in [2.45, 2.75) is 19.6 Å². The molecule has 8 nitrogen and oxygen atoms in total. The average molecular weight is 560 g/mol. The quantitative estimate of drug-likeness (QED) is 0.150. The van der Waals surface area contributed by atoms with E-state index in [4.69, 9.17) is 18.6 Å². The van der Waals surface area contributed by atoms with E-state index in [0.717, 1.165) is 55.7 Å². The minimum absolute atomic E-state index is 0. The largest absolute Gasteiger partial charge is 0.492 e. The zero-order valence-corrected chi connectivity index (χ0v) is 21.7. The maximum atomic E-state index is 5.88. The predicted molar refractivity (Wildman–Crippen MR) is 138 cm³/mol. The van der Waals surface area contributed by atoms with E-state index < -0.39 is 0 Å². The molecule has 32 heavy (non-hydrogen) atoms. The second kappa shape index (κ2) is 17.7. The number of halogens is 1. The van der Waals surface area contributed by atoms with Gasteiger partial charge in [-0.3, -0.25) is 4.99 Å². The van der Waals surface area contributed by atoms with E-state index in [2.05, 4.69) is 39.7 Å². The van der Waals surface area contributed by atoms with Crippen molar-refractivity contribution < 1.29 is 18.6 Å². The van der Waals surface area contributed by atoms with Gasteiger partial charge in [-0.15, -0.1) is 24.0 Å². The van der Waals surface area contributed by atoms with Gasteiger partial charge in [-0.2, -0.15) is 0 Å². The van der Waals surface area contributed by atoms with Gasteiger partial charge in [0.05, 0.1) is 12.9 Å². The Balaban J connectivity index is 0.00000512. The normalized spacial score (nSPS) is 11.3. The molecule has 0 bridgehead atoms. The summed E-state index contributed by atoms with van der Waals surface area (Å²) in [5.41, 5.74) is 1.13. The first-order valence-corrected chi connectivity index (χ1v) is 10.6. The summed E-state index contributed by atoms with van der Waals surface area (Å²) in [4.78, 5) is 6.46. The molecule has 0 radical (unpaired) electrons. The van der Waals surface area contributed by atoms with E-state index in [0.29, 0.717) is 26.4 Å². The van der Waals surface area contributed by atoms with Crippen molar-refractivity contribution in [1.29, 1.82) is 0 Å². The second-order valence-electron chi connectivity index (χ2n) is 7.13. The molecule has 1 aromatic heterocycles. The highest BCUT2D eigenvalue weighted by Gasteiger charge is 2.02. The summed E-state index contributed by atoms with van der Waals surface area (Å²) in [6.07, 6.45) is 2.53. The van der Waals surface area contributed by atoms with Crippen LogP contribution in [0.2, 0.25) is 0 Å². The lowest BCUT2D eigenvalue weighted by molar-refractivity contribution is 0.105. The Bertz CT molecular complexity index is 743. The van der Waals surface area contributed by atoms with Crippen LogP contribution >= 0.6 is 24.0 Å². The first-order chi connectivity index (χ1) is 15.2. The van der Waals surface area contributed by atoms with Crippen LogP contribution in [-0.2, 0) is 22.6 Å². The Kier molecular flexibility index (Phi) is 15.6. The molecule has 0 spiro atoms. The van der Waals surface area contributed by atoms with E-state index in [9.17, 15) is 0 Å². The van der Waals surface area contributed by atoms with E-state index in [1.54, 1.807) is 20.4 Å². The van der Waals surface area contributed by atoms with Crippen molar-refractivity contribution in [2.24, 2.45) is 4.99 Å². The van der Waals surface area contributed by atoms with Crippen LogP contribution in [0.5, 0.6) is 5.75 Å². The number of guanidine groups is 1. The van der Waals surface area contributed by atoms with Crippen LogP contribution in [0.15, 0.2) is 52.1 Å². The lowest BCUT2D eigenvalue weighted by atomic mass is 10.2. The fourth-order valence-corrected chi connectivity index (χ4v) is 2.78. The van der Waals surface area contributed by atoms with E-state index in [1.807, 2.05) is 24.3 Å². The van der Waals surface area contributed by atoms with Gasteiger partial charge in [-0.1, -0.05) is 12.1 Å². The predicted octanol–water partition coefficient (Wildman–Crippen LogP) is 3.13. The molecule has 0 amide bonds. The monoisotopic (exact) mass is 560 g/mol. The highest BCUT2D eigenvalue weighted by Crippen LogP contribution is 2.13. The van der Waals surface area contributed by atoms with Crippen molar-refractivity contribution in [3.63, 3.8) is 0 Å². The van der Waals surface area contributed by atoms with Crippen molar-refractivity contribution in [3.8, 4) is 5.75 Å². The van der Waals surface area contributed by atoms with Gasteiger partial charge in [0, 0.05) is 46.9 Å². The minimum Gasteiger partial charge on any atom is -0.492 e. The Hall–Kier alpha value is -1.82. The summed E-state index contributed by atoms with van der Waals surface area (Å²) >= 11 is 0. The number of nitrogens with zero attached hydrogens (tertiary/aromatic N) is 2. The topological polar surface area (TPSA) is 80.5 Å². The van der Waals surface area contributed by atoms with E-state index >= 15 is 0 Å². The summed E-state index contributed by atoms with van der Waals surface area (Å²) in [5, 5.41) is 6.63. The number of methoxy groups -OCH3 is 1. The molecule has 2 aromatic rings. The van der Waals surface area contributed by atoms with Crippen LogP contribution in [0.4, 0.5) is 0 Å². The van der Waals surface area contributed by atoms with Crippen LogP contribution in [-0.4, -0.2) is 71.5 Å². The summed E-state index contributed by atoms with van der Waals surface area (Å²) in [6, 6.07) is 11.9. The van der Waals surface area contributed by atoms with Gasteiger partial charge in [0.2, 0.25) is 0 Å². The summed E-state index contributed by atoms with van der Waals surface area (Å²) in [6.45, 7) is 5.72. The number of hydrogen-bond donors (Lipinski definition) is 2. The molecular formula is C23H37IN4O4. The molecule has 0 saturated heterocycles. The lowest BCUT2D eigenvalue weighted by Crippen LogP contribution is -2.37. The van der Waals surface area contributed by atoms with Crippen LogP contribution in [0.1, 0.15) is 17.7 Å². The molecular weight excluding hydrogens is 523 g/mol. The molecule has 0 aliphatic carbocycles. The van der Waals surface area contributed by atoms with Crippen LogP contribution < -0.4 is 15.4 Å². The number of hydrogen-bond acceptors (Lipinski definition) is 6. The number of likely N-dealkylation sites (N-methyl/N-ethyl adjacent to an activating group) is 1. The fraction of sp³-hybridized carbons (Fsp3) is 0.522. The zero-order valence-electron chi connectivity index (χ0n) is 19.3. The van der Waals surface area contributed by atoms with Crippen LogP contribution in [0.3, 0.4) is 0 Å². The SMILES string of the molecule is CN=C(NCCCOCc1ccco1)NCc1cccc(OCCN(C)CCOC)c1.I. The van der Waals surface area contributed by atoms with Gasteiger partial charge in [0.1, 0.15) is 24.7 Å². The van der Waals surface area contributed by atoms with Crippen LogP contribution in [0.25, 0.3) is 0 Å². The fourth-order valence-electron chi connectivity index (χ4n) is 2.78. The van der Waals surface area contributed by atoms with E-state index in [-0.39, 0.29) is 24.0 Å². The minimum atomic E-state index is 0. The third-order valence-corrected chi connectivity index (χ3v) is 4.58. The molecule has 180 valence electrons. The number of rotatable bonds is 15. The Labute approximate surface area is 208 Å². The molecule has 0 aliphatic rings. The number of nitrogens with one attached hydrogen (secondary N) is 2. The Morgan fingerprint density at radius 2 is 1.94 bits per heavy atom. The van der Waals surface area contributed by atoms with Gasteiger partial charge < -0.3 is 34.2 Å². The van der Waals surface area contributed by atoms with Crippen molar-refractivity contribution >= 4 is 29.9 Å². The Morgan fingerprint density at radius 3 is 2.69 bits per heavy atom. The highest BCUT2D eigenvalue weighted by atomic mass is 127. The summed E-state index contributed by atoms with van der Waals surface area (Å²) in [7, 11) is 5.54. The first-order valence-electron chi connectivity index (χ1n) is 10.6. The van der Waals surface area contributed by atoms with Gasteiger partial charge >= 0.3 is 0 Å². The van der Waals surface area contributed by atoms with Gasteiger partial charge in [0.15, 0.2) is 5.96 Å². The van der Waals surface area contributed by atoms with Crippen molar-refractivity contribution in [3.05, 3.63) is 54.0 Å². The zero-order chi connectivity index (χ0) is 22.2. The number of benzene rings is 1. The van der Waals surface area contributed by atoms with Gasteiger partial charge in [-0.05, 0) is 43.3 Å². The molecule has 2 N–H and O–H groups in total. The average Bonchev–Trinajstić information content (AvgIpc) is 3.30. The molecule has 0 saturated carbocycles. The molecule has 2 rings (SSSR count). The standard InChI is InChI=1S/C23H36N4O4.HI/c1-24-23(25-10-6-13-29-19-22-9-5-14-30-22)26-18-20-7-4-8-21(17-20)31-16-12-27(2)11-15-28-3;/h4-5,7-9,14,17H,6,10-13,15-16,18-19H2,1-3H3,(H2,24,25,26);1H. The summed E-state index contributed by atoms with van der Waals surface area (Å²) < 4.78 is 21.8. The van der Waals surface area contributed by atoms with Crippen molar-refractivity contribution in [1.82, 2.24) is 15.5 Å². The Morgan fingerprint density at radius 1 is 1.09 bits per heavy atom. The molecule has 0 aliphatic heterocycles. The molecule has 0 unspecified atom stereocenters. The van der Waals surface area contributed by atoms with Gasteiger partial charge in [-0.25, -0.2) is 0 Å². The molecule has 0 fully saturated rings. The second-order valence-corrected chi connectivity index (χ2v) is 7.13. The van der Waals surface area contributed by atoms with E-state index in [1.165, 1.54) is 0 Å². The first kappa shape index (κ1) is 28.2. The smallest absolute Gasteiger partial charge is 0.191 e. The third-order valence-electron chi connectivity index (χ3n) is 4.58. The van der Waals surface area contributed by atoms with Crippen molar-refractivity contribution in [2.75, 3.05) is 60.7 Å². The maximum Gasteiger partial charge on any atom is 0.191 e.